The molecule has 0 unspecified atom stereocenters. The highest BCUT2D eigenvalue weighted by molar-refractivity contribution is 5.47. The number of hydrogen-bond donors (Lipinski definition) is 1. The summed E-state index contributed by atoms with van der Waals surface area (Å²) in [4.78, 5) is 0. The second-order valence-electron chi connectivity index (χ2n) is 9.45. The van der Waals surface area contributed by atoms with Crippen LogP contribution in [0.1, 0.15) is 37.0 Å². The van der Waals surface area contributed by atoms with Gasteiger partial charge in [-0.25, -0.2) is 0 Å². The molecule has 2 N–H and O–H groups in total. The molecule has 0 bridgehead atoms. The second-order valence-corrected chi connectivity index (χ2v) is 9.45. The van der Waals surface area contributed by atoms with Gasteiger partial charge in [0.05, 0.1) is 12.7 Å². The Hall–Kier alpha value is -2.54. The molecule has 0 aliphatic carbocycles. The third-order valence-corrected chi connectivity index (χ3v) is 6.70. The predicted molar refractivity (Wildman–Crippen MR) is 131 cm³/mol. The molecule has 2 saturated heterocycles. The van der Waals surface area contributed by atoms with Crippen LogP contribution in [0.4, 0.5) is 0 Å². The van der Waals surface area contributed by atoms with E-state index in [-0.39, 0.29) is 24.4 Å². The van der Waals surface area contributed by atoms with E-state index in [2.05, 4.69) is 72.8 Å². The van der Waals surface area contributed by atoms with Crippen LogP contribution in [0, 0.1) is 0 Å². The van der Waals surface area contributed by atoms with Crippen LogP contribution in [0.2, 0.25) is 0 Å². The third kappa shape index (κ3) is 4.30. The summed E-state index contributed by atoms with van der Waals surface area (Å²) in [5, 5.41) is 0. The highest BCUT2D eigenvalue weighted by Crippen LogP contribution is 2.43. The Kier molecular flexibility index (Phi) is 6.56. The van der Waals surface area contributed by atoms with Gasteiger partial charge in [-0.1, -0.05) is 91.0 Å². The van der Waals surface area contributed by atoms with Gasteiger partial charge in [0, 0.05) is 0 Å². The second kappa shape index (κ2) is 9.61. The third-order valence-electron chi connectivity index (χ3n) is 6.70. The zero-order valence-corrected chi connectivity index (χ0v) is 19.8. The summed E-state index contributed by atoms with van der Waals surface area (Å²) in [5.74, 6) is -0.653. The van der Waals surface area contributed by atoms with E-state index in [9.17, 15) is 0 Å². The minimum absolute atomic E-state index is 0.107. The molecule has 0 aromatic heterocycles. The van der Waals surface area contributed by atoms with Gasteiger partial charge in [0.1, 0.15) is 23.9 Å². The monoisotopic (exact) mass is 459 g/mol. The first-order chi connectivity index (χ1) is 16.5. The Bertz CT molecular complexity index is 961. The van der Waals surface area contributed by atoms with Gasteiger partial charge in [-0.05, 0) is 43.5 Å². The van der Waals surface area contributed by atoms with Crippen LogP contribution in [-0.2, 0) is 24.5 Å². The molecule has 5 rings (SSSR count). The molecular formula is C29H33NO4. The molecule has 2 fully saturated rings. The maximum Gasteiger partial charge on any atom is 0.164 e. The van der Waals surface area contributed by atoms with Gasteiger partial charge in [0.15, 0.2) is 5.79 Å². The SMILES string of the molecule is CC1(C)O[C@@H]2[C@H](O1)[C@@H](COC(c1ccccc1)(c1ccccc1)c1ccccc1)O[C@H]2CCN. The summed E-state index contributed by atoms with van der Waals surface area (Å²) < 4.78 is 25.9. The summed E-state index contributed by atoms with van der Waals surface area (Å²) in [7, 11) is 0. The van der Waals surface area contributed by atoms with E-state index in [1.54, 1.807) is 0 Å². The van der Waals surface area contributed by atoms with E-state index in [0.29, 0.717) is 13.2 Å². The molecule has 0 spiro atoms. The molecule has 4 atom stereocenters. The first-order valence-electron chi connectivity index (χ1n) is 12.1. The van der Waals surface area contributed by atoms with E-state index >= 15 is 0 Å². The fourth-order valence-electron chi connectivity index (χ4n) is 5.28. The minimum atomic E-state index is -0.802. The van der Waals surface area contributed by atoms with Crippen molar-refractivity contribution in [2.75, 3.05) is 13.2 Å². The lowest BCUT2D eigenvalue weighted by Crippen LogP contribution is -2.39. The van der Waals surface area contributed by atoms with Crippen molar-refractivity contribution >= 4 is 0 Å². The average molecular weight is 460 g/mol. The van der Waals surface area contributed by atoms with Crippen molar-refractivity contribution in [2.24, 2.45) is 5.73 Å². The number of benzene rings is 3. The summed E-state index contributed by atoms with van der Waals surface area (Å²) in [6, 6.07) is 31.1. The number of hydrogen-bond acceptors (Lipinski definition) is 5. The maximum absolute atomic E-state index is 6.98. The topological polar surface area (TPSA) is 62.9 Å². The smallest absolute Gasteiger partial charge is 0.164 e. The predicted octanol–water partition coefficient (Wildman–Crippen LogP) is 4.63. The zero-order chi connectivity index (χ0) is 23.6. The lowest BCUT2D eigenvalue weighted by molar-refractivity contribution is -0.195. The molecule has 0 saturated carbocycles. The van der Waals surface area contributed by atoms with E-state index in [4.69, 9.17) is 24.7 Å². The van der Waals surface area contributed by atoms with Gasteiger partial charge in [-0.3, -0.25) is 0 Å². The summed E-state index contributed by atoms with van der Waals surface area (Å²) >= 11 is 0. The molecule has 3 aromatic rings. The molecular weight excluding hydrogens is 426 g/mol. The standard InChI is InChI=1S/C29H33NO4/c1-28(2)33-26-24(18-19-30)32-25(27(26)34-28)20-31-29(21-12-6-3-7-13-21,22-14-8-4-9-15-22)23-16-10-5-11-17-23/h3-17,24-27H,18-20,30H2,1-2H3/t24-,25+,26-,27+/m0/s1. The Morgan fingerprint density at radius 1 is 0.735 bits per heavy atom. The Morgan fingerprint density at radius 2 is 1.18 bits per heavy atom. The molecule has 2 heterocycles. The van der Waals surface area contributed by atoms with Gasteiger partial charge < -0.3 is 24.7 Å². The van der Waals surface area contributed by atoms with E-state index in [0.717, 1.165) is 23.1 Å². The first-order valence-corrected chi connectivity index (χ1v) is 12.1. The molecule has 5 heteroatoms. The van der Waals surface area contributed by atoms with E-state index in [1.165, 1.54) is 0 Å². The molecule has 34 heavy (non-hydrogen) atoms. The fraction of sp³-hybridized carbons (Fsp3) is 0.379. The van der Waals surface area contributed by atoms with Crippen molar-refractivity contribution < 1.29 is 18.9 Å². The molecule has 178 valence electrons. The van der Waals surface area contributed by atoms with Crippen molar-refractivity contribution in [3.8, 4) is 0 Å². The number of ether oxygens (including phenoxy) is 4. The van der Waals surface area contributed by atoms with Crippen LogP contribution in [0.15, 0.2) is 91.0 Å². The Balaban J connectivity index is 1.53. The van der Waals surface area contributed by atoms with Gasteiger partial charge in [0.25, 0.3) is 0 Å². The summed E-state index contributed by atoms with van der Waals surface area (Å²) in [5.41, 5.74) is 8.24. The highest BCUT2D eigenvalue weighted by Gasteiger charge is 2.55. The van der Waals surface area contributed by atoms with Crippen LogP contribution in [0.3, 0.4) is 0 Å². The van der Waals surface area contributed by atoms with Crippen molar-refractivity contribution in [3.05, 3.63) is 108 Å². The molecule has 0 radical (unpaired) electrons. The normalized spacial score (nSPS) is 25.9. The van der Waals surface area contributed by atoms with Crippen molar-refractivity contribution in [2.45, 2.75) is 56.1 Å². The number of fused-ring (bicyclic) bond motifs is 1. The van der Waals surface area contributed by atoms with Crippen LogP contribution >= 0.6 is 0 Å². The molecule has 2 aliphatic rings. The molecule has 5 nitrogen and oxygen atoms in total. The number of nitrogens with two attached hydrogens (primary N) is 1. The highest BCUT2D eigenvalue weighted by atomic mass is 16.8. The van der Waals surface area contributed by atoms with Crippen LogP contribution in [0.5, 0.6) is 0 Å². The van der Waals surface area contributed by atoms with Crippen LogP contribution < -0.4 is 5.73 Å². The Morgan fingerprint density at radius 3 is 1.62 bits per heavy atom. The van der Waals surface area contributed by atoms with Crippen molar-refractivity contribution in [1.29, 1.82) is 0 Å². The number of rotatable bonds is 8. The van der Waals surface area contributed by atoms with Crippen molar-refractivity contribution in [1.82, 2.24) is 0 Å². The molecule has 0 amide bonds. The van der Waals surface area contributed by atoms with E-state index in [1.807, 2.05) is 32.0 Å². The first kappa shape index (κ1) is 23.2. The quantitative estimate of drug-likeness (QED) is 0.498. The van der Waals surface area contributed by atoms with Gasteiger partial charge >= 0.3 is 0 Å². The largest absolute Gasteiger partial charge is 0.367 e. The van der Waals surface area contributed by atoms with Gasteiger partial charge in [-0.2, -0.15) is 0 Å². The van der Waals surface area contributed by atoms with Gasteiger partial charge in [-0.15, -0.1) is 0 Å². The summed E-state index contributed by atoms with van der Waals surface area (Å²) in [6.07, 6.45) is 0.000248. The fourth-order valence-corrected chi connectivity index (χ4v) is 5.28. The summed E-state index contributed by atoms with van der Waals surface area (Å²) in [6.45, 7) is 4.78. The lowest BCUT2D eigenvalue weighted by Gasteiger charge is -2.37. The minimum Gasteiger partial charge on any atom is -0.367 e. The Labute approximate surface area is 201 Å². The van der Waals surface area contributed by atoms with Crippen LogP contribution in [0.25, 0.3) is 0 Å². The zero-order valence-electron chi connectivity index (χ0n) is 19.8. The molecule has 3 aromatic carbocycles. The average Bonchev–Trinajstić information content (AvgIpc) is 3.35. The van der Waals surface area contributed by atoms with E-state index < -0.39 is 11.4 Å². The maximum atomic E-state index is 6.98. The van der Waals surface area contributed by atoms with Crippen molar-refractivity contribution in [3.63, 3.8) is 0 Å². The van der Waals surface area contributed by atoms with Crippen LogP contribution in [-0.4, -0.2) is 43.4 Å². The lowest BCUT2D eigenvalue weighted by atomic mass is 9.80. The van der Waals surface area contributed by atoms with Gasteiger partial charge in [0.2, 0.25) is 0 Å². The molecule has 2 aliphatic heterocycles.